The molecule has 0 fully saturated rings. The third-order valence-corrected chi connectivity index (χ3v) is 4.99. The fourth-order valence-corrected chi connectivity index (χ4v) is 3.37. The number of halogens is 2. The molecule has 19 heavy (non-hydrogen) atoms. The minimum absolute atomic E-state index is 0.0483. The van der Waals surface area contributed by atoms with Crippen molar-refractivity contribution in [1.29, 1.82) is 0 Å². The molecule has 0 saturated carbocycles. The summed E-state index contributed by atoms with van der Waals surface area (Å²) in [5.74, 6) is 0. The van der Waals surface area contributed by atoms with Gasteiger partial charge in [0.25, 0.3) is 0 Å². The topological polar surface area (TPSA) is 26.0 Å². The van der Waals surface area contributed by atoms with Crippen molar-refractivity contribution in [3.63, 3.8) is 0 Å². The van der Waals surface area contributed by atoms with Gasteiger partial charge in [0.2, 0.25) is 0 Å². The predicted molar refractivity (Wildman–Crippen MR) is 87.8 cm³/mol. The molecule has 0 bridgehead atoms. The van der Waals surface area contributed by atoms with Crippen LogP contribution in [0.15, 0.2) is 57.9 Å². The van der Waals surface area contributed by atoms with Crippen LogP contribution < -0.4 is 5.73 Å². The van der Waals surface area contributed by atoms with Gasteiger partial charge in [0.1, 0.15) is 0 Å². The first-order valence-corrected chi connectivity index (χ1v) is 8.04. The molecule has 0 aliphatic heterocycles. The maximum atomic E-state index is 6.12. The molecule has 0 aromatic heterocycles. The van der Waals surface area contributed by atoms with Gasteiger partial charge in [0.15, 0.2) is 0 Å². The highest BCUT2D eigenvalue weighted by molar-refractivity contribution is 9.10. The van der Waals surface area contributed by atoms with Gasteiger partial charge >= 0.3 is 0 Å². The first-order chi connectivity index (χ1) is 9.06. The second kappa shape index (κ2) is 6.80. The average molecular weight is 357 g/mol. The van der Waals surface area contributed by atoms with E-state index < -0.39 is 0 Å². The lowest BCUT2D eigenvalue weighted by Gasteiger charge is -2.21. The zero-order valence-corrected chi connectivity index (χ0v) is 13.7. The van der Waals surface area contributed by atoms with Gasteiger partial charge in [-0.1, -0.05) is 39.7 Å². The van der Waals surface area contributed by atoms with E-state index in [4.69, 9.17) is 17.3 Å². The fourth-order valence-electron chi connectivity index (χ4n) is 1.82. The summed E-state index contributed by atoms with van der Waals surface area (Å²) < 4.78 is 1.08. The van der Waals surface area contributed by atoms with Crippen molar-refractivity contribution >= 4 is 39.3 Å². The van der Waals surface area contributed by atoms with Crippen molar-refractivity contribution in [2.45, 2.75) is 23.1 Å². The van der Waals surface area contributed by atoms with Crippen LogP contribution in [-0.4, -0.2) is 6.04 Å². The van der Waals surface area contributed by atoms with E-state index in [1.807, 2.05) is 37.3 Å². The highest BCUT2D eigenvalue weighted by Gasteiger charge is 2.18. The second-order valence-electron chi connectivity index (χ2n) is 4.41. The van der Waals surface area contributed by atoms with E-state index in [1.165, 1.54) is 4.90 Å². The summed E-state index contributed by atoms with van der Waals surface area (Å²) in [5, 5.41) is 0.944. The summed E-state index contributed by atoms with van der Waals surface area (Å²) >= 11 is 11.3. The van der Waals surface area contributed by atoms with Crippen molar-refractivity contribution in [1.82, 2.24) is 0 Å². The van der Waals surface area contributed by atoms with E-state index in [-0.39, 0.29) is 11.3 Å². The summed E-state index contributed by atoms with van der Waals surface area (Å²) in [5.41, 5.74) is 7.29. The van der Waals surface area contributed by atoms with Crippen molar-refractivity contribution in [3.05, 3.63) is 63.6 Å². The standard InChI is InChI=1S/C15H15BrClNS/c1-10(18)15(11-3-2-4-13(17)9-11)19-14-7-5-12(16)6-8-14/h2-10,15H,18H2,1H3. The summed E-state index contributed by atoms with van der Waals surface area (Å²) in [4.78, 5) is 1.20. The maximum absolute atomic E-state index is 6.12. The zero-order valence-electron chi connectivity index (χ0n) is 10.5. The monoisotopic (exact) mass is 355 g/mol. The number of benzene rings is 2. The number of hydrogen-bond acceptors (Lipinski definition) is 2. The molecule has 0 saturated heterocycles. The average Bonchev–Trinajstić information content (AvgIpc) is 2.37. The Morgan fingerprint density at radius 2 is 1.84 bits per heavy atom. The Morgan fingerprint density at radius 3 is 2.42 bits per heavy atom. The number of hydrogen-bond donors (Lipinski definition) is 1. The molecule has 0 heterocycles. The van der Waals surface area contributed by atoms with E-state index in [0.29, 0.717) is 0 Å². The molecule has 0 aliphatic carbocycles. The lowest BCUT2D eigenvalue weighted by Crippen LogP contribution is -2.22. The maximum Gasteiger partial charge on any atom is 0.0493 e. The van der Waals surface area contributed by atoms with Crippen LogP contribution in [0.2, 0.25) is 5.02 Å². The summed E-state index contributed by atoms with van der Waals surface area (Å²) in [7, 11) is 0. The van der Waals surface area contributed by atoms with Crippen molar-refractivity contribution in [3.8, 4) is 0 Å². The Hall–Kier alpha value is -0.480. The molecule has 0 radical (unpaired) electrons. The quantitative estimate of drug-likeness (QED) is 0.754. The van der Waals surface area contributed by atoms with E-state index in [9.17, 15) is 0 Å². The lowest BCUT2D eigenvalue weighted by atomic mass is 10.1. The summed E-state index contributed by atoms with van der Waals surface area (Å²) in [6.45, 7) is 2.03. The molecule has 0 amide bonds. The Balaban J connectivity index is 2.23. The van der Waals surface area contributed by atoms with Gasteiger partial charge in [0, 0.05) is 25.7 Å². The van der Waals surface area contributed by atoms with Crippen molar-refractivity contribution in [2.24, 2.45) is 5.73 Å². The molecule has 100 valence electrons. The largest absolute Gasteiger partial charge is 0.327 e. The normalized spacial score (nSPS) is 14.1. The van der Waals surface area contributed by atoms with Gasteiger partial charge in [-0.2, -0.15) is 0 Å². The fraction of sp³-hybridized carbons (Fsp3) is 0.200. The van der Waals surface area contributed by atoms with Crippen LogP contribution >= 0.6 is 39.3 Å². The van der Waals surface area contributed by atoms with Gasteiger partial charge in [-0.15, -0.1) is 11.8 Å². The van der Waals surface area contributed by atoms with Crippen LogP contribution in [0.4, 0.5) is 0 Å². The summed E-state index contributed by atoms with van der Waals surface area (Å²) in [6.07, 6.45) is 0. The highest BCUT2D eigenvalue weighted by Crippen LogP contribution is 2.38. The van der Waals surface area contributed by atoms with Gasteiger partial charge < -0.3 is 5.73 Å². The summed E-state index contributed by atoms with van der Waals surface area (Å²) in [6, 6.07) is 16.2. The Bertz CT molecular complexity index is 542. The minimum atomic E-state index is 0.0483. The van der Waals surface area contributed by atoms with Gasteiger partial charge in [0.05, 0.1) is 0 Å². The second-order valence-corrected chi connectivity index (χ2v) is 6.97. The predicted octanol–water partition coefficient (Wildman–Crippen LogP) is 5.28. The van der Waals surface area contributed by atoms with E-state index in [1.54, 1.807) is 11.8 Å². The lowest BCUT2D eigenvalue weighted by molar-refractivity contribution is 0.721. The number of nitrogens with two attached hydrogens (primary N) is 1. The van der Waals surface area contributed by atoms with Gasteiger partial charge in [-0.25, -0.2) is 0 Å². The minimum Gasteiger partial charge on any atom is -0.327 e. The molecule has 2 aromatic carbocycles. The van der Waals surface area contributed by atoms with E-state index in [0.717, 1.165) is 15.1 Å². The SMILES string of the molecule is CC(N)C(Sc1ccc(Br)cc1)c1cccc(Cl)c1. The number of thioether (sulfide) groups is 1. The van der Waals surface area contributed by atoms with Crippen LogP contribution in [0.25, 0.3) is 0 Å². The van der Waals surface area contributed by atoms with Crippen LogP contribution in [0.5, 0.6) is 0 Å². The molecule has 1 nitrogen and oxygen atoms in total. The van der Waals surface area contributed by atoms with Crippen molar-refractivity contribution < 1.29 is 0 Å². The van der Waals surface area contributed by atoms with Crippen LogP contribution in [0.3, 0.4) is 0 Å². The third kappa shape index (κ3) is 4.25. The number of rotatable bonds is 4. The molecule has 2 rings (SSSR count). The van der Waals surface area contributed by atoms with E-state index in [2.05, 4.69) is 34.1 Å². The molecular weight excluding hydrogens is 342 g/mol. The Labute approximate surface area is 131 Å². The Kier molecular flexibility index (Phi) is 5.34. The molecule has 2 N–H and O–H groups in total. The Morgan fingerprint density at radius 1 is 1.16 bits per heavy atom. The molecule has 2 aromatic rings. The highest BCUT2D eigenvalue weighted by atomic mass is 79.9. The smallest absolute Gasteiger partial charge is 0.0493 e. The first-order valence-electron chi connectivity index (χ1n) is 5.99. The molecule has 0 aliphatic rings. The molecule has 2 atom stereocenters. The van der Waals surface area contributed by atoms with Crippen molar-refractivity contribution in [2.75, 3.05) is 0 Å². The van der Waals surface area contributed by atoms with Crippen LogP contribution in [0.1, 0.15) is 17.7 Å². The molecule has 0 spiro atoms. The molecule has 4 heteroatoms. The van der Waals surface area contributed by atoms with Gasteiger partial charge in [-0.3, -0.25) is 0 Å². The van der Waals surface area contributed by atoms with Crippen LogP contribution in [-0.2, 0) is 0 Å². The van der Waals surface area contributed by atoms with E-state index >= 15 is 0 Å². The molecule has 2 unspecified atom stereocenters. The zero-order chi connectivity index (χ0) is 13.8. The van der Waals surface area contributed by atoms with Crippen LogP contribution in [0, 0.1) is 0 Å². The third-order valence-electron chi connectivity index (χ3n) is 2.73. The molecular formula is C15H15BrClNS. The van der Waals surface area contributed by atoms with Gasteiger partial charge in [-0.05, 0) is 48.9 Å². The first kappa shape index (κ1) is 14.9.